The zero-order valence-electron chi connectivity index (χ0n) is 22.5. The highest BCUT2D eigenvalue weighted by Crippen LogP contribution is 2.37. The van der Waals surface area contributed by atoms with E-state index in [0.29, 0.717) is 40.1 Å². The molecule has 0 bridgehead atoms. The first-order valence-electron chi connectivity index (χ1n) is 12.5. The summed E-state index contributed by atoms with van der Waals surface area (Å²) in [5.41, 5.74) is 4.37. The number of esters is 1. The maximum atomic E-state index is 11.2. The number of allylic oxidation sites excluding steroid dienone is 1. The number of hydrogen-bond donors (Lipinski definition) is 2. The number of thiazole rings is 1. The van der Waals surface area contributed by atoms with Crippen LogP contribution in [0.25, 0.3) is 39.1 Å². The van der Waals surface area contributed by atoms with Crippen LogP contribution in [-0.4, -0.2) is 33.7 Å². The number of imidazole rings is 1. The molecular weight excluding hydrogens is 528 g/mol. The molecule has 2 N–H and O–H groups in total. The minimum Gasteiger partial charge on any atom is -0.496 e. The van der Waals surface area contributed by atoms with Crippen LogP contribution in [0.5, 0.6) is 11.5 Å². The third kappa shape index (κ3) is 6.13. The summed E-state index contributed by atoms with van der Waals surface area (Å²) in [6, 6.07) is 13.3. The highest BCUT2D eigenvalue weighted by Gasteiger charge is 2.17. The Morgan fingerprint density at radius 3 is 2.77 bits per heavy atom. The summed E-state index contributed by atoms with van der Waals surface area (Å²) >= 11 is 1.58. The molecule has 0 radical (unpaired) electrons. The van der Waals surface area contributed by atoms with E-state index >= 15 is 0 Å². The Morgan fingerprint density at radius 1 is 1.15 bits per heavy atom. The summed E-state index contributed by atoms with van der Waals surface area (Å²) < 4.78 is 23.0. The lowest BCUT2D eigenvalue weighted by Crippen LogP contribution is -1.99. The number of nitrogens with zero attached hydrogens (tertiary/aromatic N) is 2. The van der Waals surface area contributed by atoms with Gasteiger partial charge in [0.2, 0.25) is 0 Å². The molecule has 0 fully saturated rings. The first-order valence-corrected chi connectivity index (χ1v) is 13.3. The number of fused-ring (bicyclic) bond motifs is 1. The van der Waals surface area contributed by atoms with Gasteiger partial charge in [0.25, 0.3) is 0 Å². The summed E-state index contributed by atoms with van der Waals surface area (Å²) in [6.45, 7) is 5.60. The number of aryl methyl sites for hydroxylation is 1. The third-order valence-corrected chi connectivity index (χ3v) is 7.09. The molecule has 0 saturated carbocycles. The van der Waals surface area contributed by atoms with E-state index in [4.69, 9.17) is 29.0 Å². The Kier molecular flexibility index (Phi) is 7.79. The van der Waals surface area contributed by atoms with Gasteiger partial charge >= 0.3 is 5.97 Å². The van der Waals surface area contributed by atoms with Crippen LogP contribution in [-0.2, 0) is 22.7 Å². The zero-order chi connectivity index (χ0) is 28.2. The van der Waals surface area contributed by atoms with Gasteiger partial charge in [-0.15, -0.1) is 11.3 Å². The average Bonchev–Trinajstić information content (AvgIpc) is 3.67. The zero-order valence-corrected chi connectivity index (χ0v) is 23.3. The number of benzene rings is 2. The predicted molar refractivity (Wildman–Crippen MR) is 155 cm³/mol. The van der Waals surface area contributed by atoms with Crippen molar-refractivity contribution in [1.82, 2.24) is 15.0 Å². The number of H-pyrrole nitrogens is 1. The summed E-state index contributed by atoms with van der Waals surface area (Å²) in [5, 5.41) is 9.21. The van der Waals surface area contributed by atoms with Gasteiger partial charge in [-0.3, -0.25) is 4.79 Å². The van der Waals surface area contributed by atoms with E-state index < -0.39 is 0 Å². The molecule has 10 heteroatoms. The molecule has 3 aromatic heterocycles. The van der Waals surface area contributed by atoms with Gasteiger partial charge in [-0.05, 0) is 43.7 Å². The lowest BCUT2D eigenvalue weighted by Gasteiger charge is -2.08. The first-order chi connectivity index (χ1) is 19.3. The first kappa shape index (κ1) is 26.9. The molecule has 40 heavy (non-hydrogen) atoms. The van der Waals surface area contributed by atoms with Crippen LogP contribution < -0.4 is 9.47 Å². The van der Waals surface area contributed by atoms with Gasteiger partial charge in [0.1, 0.15) is 46.8 Å². The van der Waals surface area contributed by atoms with Crippen LogP contribution in [0.4, 0.5) is 0 Å². The Hall–Kier alpha value is -4.70. The van der Waals surface area contributed by atoms with Crippen molar-refractivity contribution in [2.75, 3.05) is 7.11 Å². The number of ether oxygens (including phenoxy) is 3. The summed E-state index contributed by atoms with van der Waals surface area (Å²) in [5.74, 6) is 2.11. The van der Waals surface area contributed by atoms with Gasteiger partial charge < -0.3 is 29.0 Å². The van der Waals surface area contributed by atoms with E-state index in [-0.39, 0.29) is 19.2 Å². The van der Waals surface area contributed by atoms with Gasteiger partial charge in [0.15, 0.2) is 5.76 Å². The van der Waals surface area contributed by atoms with E-state index in [0.717, 1.165) is 32.1 Å². The van der Waals surface area contributed by atoms with Gasteiger partial charge in [0, 0.05) is 41.4 Å². The minimum atomic E-state index is -0.313. The number of rotatable bonds is 10. The number of nitrogens with one attached hydrogen (secondary N) is 2. The highest BCUT2D eigenvalue weighted by molar-refractivity contribution is 7.15. The van der Waals surface area contributed by atoms with E-state index in [1.807, 2.05) is 49.4 Å². The van der Waals surface area contributed by atoms with E-state index in [9.17, 15) is 4.79 Å². The lowest BCUT2D eigenvalue weighted by atomic mass is 10.1. The van der Waals surface area contributed by atoms with Gasteiger partial charge in [-0.25, -0.2) is 9.97 Å². The SMILES string of the molecule is COc1cc(OCc2nc(-c3cccc(COC(C)=O)c3)sc2C)c2cc(-c3c[nH]c(/C=C\C(C)=N)n3)oc2c1. The molecular formula is C30H28N4O5S. The Balaban J connectivity index is 1.38. The van der Waals surface area contributed by atoms with Crippen LogP contribution >= 0.6 is 11.3 Å². The summed E-state index contributed by atoms with van der Waals surface area (Å²) in [4.78, 5) is 24.7. The van der Waals surface area contributed by atoms with Crippen molar-refractivity contribution in [2.45, 2.75) is 34.0 Å². The monoisotopic (exact) mass is 556 g/mol. The van der Waals surface area contributed by atoms with Gasteiger partial charge in [-0.2, -0.15) is 0 Å². The van der Waals surface area contributed by atoms with Crippen LogP contribution in [0.3, 0.4) is 0 Å². The van der Waals surface area contributed by atoms with E-state index in [1.54, 1.807) is 43.7 Å². The second-order valence-electron chi connectivity index (χ2n) is 9.13. The predicted octanol–water partition coefficient (Wildman–Crippen LogP) is 6.96. The number of carbonyl (C=O) groups excluding carboxylic acids is 1. The molecule has 2 aromatic carbocycles. The van der Waals surface area contributed by atoms with Crippen molar-refractivity contribution in [2.24, 2.45) is 0 Å². The standard InChI is InChI=1S/C30H28N4O5S/c1-17(31)8-9-29-32-14-24(33-29)28-13-23-26(11-22(36-4)12-27(23)39-28)38-16-25-18(2)40-30(34-25)21-7-5-6-20(10-21)15-37-19(3)35/h5-14,31H,15-16H2,1-4H3,(H,32,33)/b9-8-,31-17?. The maximum absolute atomic E-state index is 11.2. The van der Waals surface area contributed by atoms with Crippen molar-refractivity contribution >= 4 is 40.1 Å². The molecule has 204 valence electrons. The fourth-order valence-corrected chi connectivity index (χ4v) is 4.92. The third-order valence-electron chi connectivity index (χ3n) is 6.02. The second-order valence-corrected chi connectivity index (χ2v) is 10.3. The minimum absolute atomic E-state index is 0.224. The van der Waals surface area contributed by atoms with Crippen molar-refractivity contribution < 1.29 is 23.4 Å². The second kappa shape index (κ2) is 11.6. The quantitative estimate of drug-likeness (QED) is 0.141. The summed E-state index contributed by atoms with van der Waals surface area (Å²) in [7, 11) is 1.60. The average molecular weight is 557 g/mol. The Bertz CT molecular complexity index is 1730. The molecule has 5 aromatic rings. The Morgan fingerprint density at radius 2 is 2.00 bits per heavy atom. The highest BCUT2D eigenvalue weighted by atomic mass is 32.1. The van der Waals surface area contributed by atoms with Gasteiger partial charge in [0.05, 0.1) is 18.2 Å². The molecule has 3 heterocycles. The molecule has 0 unspecified atom stereocenters. The molecule has 9 nitrogen and oxygen atoms in total. The maximum Gasteiger partial charge on any atom is 0.302 e. The van der Waals surface area contributed by atoms with Crippen LogP contribution in [0.15, 0.2) is 59.2 Å². The fraction of sp³-hybridized carbons (Fsp3) is 0.200. The number of hydrogen-bond acceptors (Lipinski definition) is 9. The lowest BCUT2D eigenvalue weighted by molar-refractivity contribution is -0.142. The molecule has 0 aliphatic rings. The van der Waals surface area contributed by atoms with Gasteiger partial charge in [-0.1, -0.05) is 18.2 Å². The van der Waals surface area contributed by atoms with Crippen molar-refractivity contribution in [3.05, 3.63) is 76.7 Å². The molecule has 0 aliphatic heterocycles. The molecule has 0 saturated heterocycles. The van der Waals surface area contributed by atoms with Crippen molar-refractivity contribution in [1.29, 1.82) is 5.41 Å². The van der Waals surface area contributed by atoms with Crippen molar-refractivity contribution in [3.63, 3.8) is 0 Å². The molecule has 0 atom stereocenters. The number of aromatic amines is 1. The summed E-state index contributed by atoms with van der Waals surface area (Å²) in [6.07, 6.45) is 5.17. The molecule has 5 rings (SSSR count). The number of aromatic nitrogens is 3. The van der Waals surface area contributed by atoms with E-state index in [2.05, 4.69) is 9.97 Å². The molecule has 0 amide bonds. The number of methoxy groups -OCH3 is 1. The van der Waals surface area contributed by atoms with Crippen LogP contribution in [0.2, 0.25) is 0 Å². The van der Waals surface area contributed by atoms with E-state index in [1.165, 1.54) is 6.92 Å². The smallest absolute Gasteiger partial charge is 0.302 e. The largest absolute Gasteiger partial charge is 0.496 e. The van der Waals surface area contributed by atoms with Crippen LogP contribution in [0.1, 0.15) is 35.8 Å². The molecule has 0 spiro atoms. The van der Waals surface area contributed by atoms with Crippen molar-refractivity contribution in [3.8, 4) is 33.5 Å². The Labute approximate surface area is 235 Å². The molecule has 0 aliphatic carbocycles. The fourth-order valence-electron chi connectivity index (χ4n) is 4.01. The normalized spacial score (nSPS) is 11.3. The number of furan rings is 1. The number of carbonyl (C=O) groups is 1. The van der Waals surface area contributed by atoms with Crippen LogP contribution in [0, 0.1) is 12.3 Å². The topological polar surface area (TPSA) is 123 Å².